The van der Waals surface area contributed by atoms with Crippen molar-refractivity contribution in [2.24, 2.45) is 11.8 Å². The van der Waals surface area contributed by atoms with Crippen molar-refractivity contribution >= 4 is 36.6 Å². The monoisotopic (exact) mass is 347 g/mol. The summed E-state index contributed by atoms with van der Waals surface area (Å²) < 4.78 is 5.45. The summed E-state index contributed by atoms with van der Waals surface area (Å²) in [7, 11) is 0. The normalized spacial score (nSPS) is 21.8. The number of amides is 1. The Balaban J connectivity index is 2.97. The van der Waals surface area contributed by atoms with Gasteiger partial charge in [0.05, 0.1) is 12.6 Å². The average Bonchev–Trinajstić information content (AvgIpc) is 2.73. The van der Waals surface area contributed by atoms with Crippen LogP contribution in [0.2, 0.25) is 0 Å². The van der Waals surface area contributed by atoms with Crippen molar-refractivity contribution in [2.75, 3.05) is 12.3 Å². The van der Waals surface area contributed by atoms with Crippen molar-refractivity contribution in [3.05, 3.63) is 10.6 Å². The summed E-state index contributed by atoms with van der Waals surface area (Å²) in [5.74, 6) is 1.30. The molecule has 1 aliphatic rings. The summed E-state index contributed by atoms with van der Waals surface area (Å²) in [5.41, 5.74) is -0.123. The molecule has 0 fully saturated rings. The van der Waals surface area contributed by atoms with Gasteiger partial charge < -0.3 is 4.74 Å². The van der Waals surface area contributed by atoms with Gasteiger partial charge in [0.25, 0.3) is 0 Å². The van der Waals surface area contributed by atoms with Gasteiger partial charge in [-0.15, -0.1) is 0 Å². The van der Waals surface area contributed by atoms with Crippen LogP contribution in [-0.4, -0.2) is 41.2 Å². The average molecular weight is 348 g/mol. The van der Waals surface area contributed by atoms with E-state index < -0.39 is 11.7 Å². The van der Waals surface area contributed by atoms with Crippen LogP contribution < -0.4 is 0 Å². The lowest BCUT2D eigenvalue weighted by Gasteiger charge is -2.33. The molecule has 0 aliphatic carbocycles. The first-order chi connectivity index (χ1) is 10.1. The molecule has 0 bridgehead atoms. The summed E-state index contributed by atoms with van der Waals surface area (Å²) in [5, 5.41) is 0.458. The van der Waals surface area contributed by atoms with Gasteiger partial charge in [0.1, 0.15) is 11.9 Å². The molecule has 22 heavy (non-hydrogen) atoms. The van der Waals surface area contributed by atoms with Crippen LogP contribution >= 0.6 is 24.2 Å². The van der Waals surface area contributed by atoms with Gasteiger partial charge in [-0.2, -0.15) is 12.6 Å². The Kier molecular flexibility index (Phi) is 6.81. The lowest BCUT2D eigenvalue weighted by atomic mass is 9.91. The van der Waals surface area contributed by atoms with E-state index >= 15 is 0 Å². The van der Waals surface area contributed by atoms with Crippen molar-refractivity contribution in [3.63, 3.8) is 0 Å². The Morgan fingerprint density at radius 2 is 2.09 bits per heavy atom. The molecule has 1 amide bonds. The highest BCUT2D eigenvalue weighted by Gasteiger charge is 2.40. The van der Waals surface area contributed by atoms with Gasteiger partial charge in [-0.25, -0.2) is 4.79 Å². The van der Waals surface area contributed by atoms with Crippen LogP contribution in [0.25, 0.3) is 0 Å². The van der Waals surface area contributed by atoms with E-state index in [-0.39, 0.29) is 18.5 Å². The quantitative estimate of drug-likeness (QED) is 0.606. The lowest BCUT2D eigenvalue weighted by molar-refractivity contribution is -0.105. The predicted octanol–water partition coefficient (Wildman–Crippen LogP) is 3.89. The van der Waals surface area contributed by atoms with E-state index in [1.807, 2.05) is 27.7 Å². The fourth-order valence-electron chi connectivity index (χ4n) is 2.67. The van der Waals surface area contributed by atoms with Gasteiger partial charge in [0, 0.05) is 10.6 Å². The highest BCUT2D eigenvalue weighted by atomic mass is 35.5. The molecule has 4 nitrogen and oxygen atoms in total. The van der Waals surface area contributed by atoms with Crippen molar-refractivity contribution in [1.82, 2.24) is 4.90 Å². The van der Waals surface area contributed by atoms with Crippen LogP contribution in [0.5, 0.6) is 0 Å². The number of nitrogens with zero attached hydrogens (tertiary/aromatic N) is 1. The number of halogens is 1. The van der Waals surface area contributed by atoms with Gasteiger partial charge in [0.15, 0.2) is 0 Å². The Morgan fingerprint density at radius 3 is 2.55 bits per heavy atom. The third-order valence-electron chi connectivity index (χ3n) is 3.64. The minimum atomic E-state index is -0.584. The smallest absolute Gasteiger partial charge is 0.411 e. The zero-order valence-electron chi connectivity index (χ0n) is 13.9. The molecule has 0 aromatic rings. The molecule has 0 saturated carbocycles. The van der Waals surface area contributed by atoms with E-state index in [2.05, 4.69) is 19.6 Å². The maximum atomic E-state index is 12.4. The summed E-state index contributed by atoms with van der Waals surface area (Å²) in [6.07, 6.45) is 1.17. The number of carbonyl (C=O) groups is 2. The minimum Gasteiger partial charge on any atom is -0.444 e. The molecule has 0 radical (unpaired) electrons. The van der Waals surface area contributed by atoms with E-state index in [1.165, 1.54) is 0 Å². The van der Waals surface area contributed by atoms with Crippen LogP contribution in [0, 0.1) is 11.8 Å². The molecular weight excluding hydrogens is 322 g/mol. The first-order valence-corrected chi connectivity index (χ1v) is 8.56. The van der Waals surface area contributed by atoms with Gasteiger partial charge in [0.2, 0.25) is 0 Å². The summed E-state index contributed by atoms with van der Waals surface area (Å²) in [4.78, 5) is 25.2. The van der Waals surface area contributed by atoms with Crippen molar-refractivity contribution in [1.29, 1.82) is 0 Å². The minimum absolute atomic E-state index is 0.125. The maximum Gasteiger partial charge on any atom is 0.411 e. The standard InChI is InChI=1S/C16H26ClNO3S/c1-10(9-22)6-11(2)14-13(17)12(8-19)7-18(14)15(20)21-16(3,4)5/h8,10-11,14,22H,6-7,9H2,1-5H3/t10?,11?,14-/m0/s1. The summed E-state index contributed by atoms with van der Waals surface area (Å²) >= 11 is 10.7. The van der Waals surface area contributed by atoms with Crippen LogP contribution in [0.3, 0.4) is 0 Å². The van der Waals surface area contributed by atoms with Gasteiger partial charge >= 0.3 is 6.09 Å². The van der Waals surface area contributed by atoms with Crippen LogP contribution in [0.15, 0.2) is 10.6 Å². The number of hydrogen-bond acceptors (Lipinski definition) is 4. The van der Waals surface area contributed by atoms with E-state index in [9.17, 15) is 9.59 Å². The third kappa shape index (κ3) is 4.92. The van der Waals surface area contributed by atoms with Gasteiger partial charge in [-0.1, -0.05) is 25.4 Å². The number of aldehydes is 1. The molecule has 1 heterocycles. The van der Waals surface area contributed by atoms with E-state index in [0.29, 0.717) is 16.5 Å². The zero-order chi connectivity index (χ0) is 17.1. The molecule has 0 saturated heterocycles. The molecule has 6 heteroatoms. The van der Waals surface area contributed by atoms with Gasteiger partial charge in [-0.05, 0) is 44.8 Å². The fourth-order valence-corrected chi connectivity index (χ4v) is 3.26. The molecule has 0 aromatic heterocycles. The van der Waals surface area contributed by atoms with Crippen LogP contribution in [0.4, 0.5) is 4.79 Å². The molecule has 0 aromatic carbocycles. The number of ether oxygens (including phenoxy) is 1. The van der Waals surface area contributed by atoms with Crippen molar-refractivity contribution < 1.29 is 14.3 Å². The Morgan fingerprint density at radius 1 is 1.50 bits per heavy atom. The number of rotatable bonds is 5. The van der Waals surface area contributed by atoms with E-state index in [4.69, 9.17) is 16.3 Å². The summed E-state index contributed by atoms with van der Waals surface area (Å²) in [6, 6.07) is -0.306. The molecule has 2 unspecified atom stereocenters. The molecule has 3 atom stereocenters. The van der Waals surface area contributed by atoms with E-state index in [1.54, 1.807) is 4.90 Å². The largest absolute Gasteiger partial charge is 0.444 e. The topological polar surface area (TPSA) is 46.6 Å². The second-order valence-electron chi connectivity index (χ2n) is 7.04. The SMILES string of the molecule is CC(CS)CC(C)[C@H]1C(Cl)=C(C=O)CN1C(=O)OC(C)(C)C. The second-order valence-corrected chi connectivity index (χ2v) is 7.82. The highest BCUT2D eigenvalue weighted by Crippen LogP contribution is 2.35. The first kappa shape index (κ1) is 19.4. The molecule has 126 valence electrons. The molecule has 0 spiro atoms. The number of hydrogen-bond donors (Lipinski definition) is 1. The summed E-state index contributed by atoms with van der Waals surface area (Å²) in [6.45, 7) is 9.81. The highest BCUT2D eigenvalue weighted by molar-refractivity contribution is 7.80. The van der Waals surface area contributed by atoms with Crippen molar-refractivity contribution in [3.8, 4) is 0 Å². The van der Waals surface area contributed by atoms with E-state index in [0.717, 1.165) is 18.5 Å². The Labute approximate surface area is 143 Å². The maximum absolute atomic E-state index is 12.4. The zero-order valence-corrected chi connectivity index (χ0v) is 15.6. The molecular formula is C16H26ClNO3S. The lowest BCUT2D eigenvalue weighted by Crippen LogP contribution is -2.44. The third-order valence-corrected chi connectivity index (χ3v) is 4.73. The molecule has 1 rings (SSSR count). The number of carbonyl (C=O) groups excluding carboxylic acids is 2. The van der Waals surface area contributed by atoms with Crippen LogP contribution in [0.1, 0.15) is 41.0 Å². The Bertz CT molecular complexity index is 459. The fraction of sp³-hybridized carbons (Fsp3) is 0.750. The first-order valence-electron chi connectivity index (χ1n) is 7.55. The van der Waals surface area contributed by atoms with Crippen LogP contribution in [-0.2, 0) is 9.53 Å². The predicted molar refractivity (Wildman–Crippen MR) is 92.5 cm³/mol. The second kappa shape index (κ2) is 7.73. The number of thiol groups is 1. The molecule has 1 aliphatic heterocycles. The Hall–Kier alpha value is -0.680. The van der Waals surface area contributed by atoms with Crippen molar-refractivity contribution in [2.45, 2.75) is 52.7 Å². The van der Waals surface area contributed by atoms with Gasteiger partial charge in [-0.3, -0.25) is 9.69 Å². The molecule has 0 N–H and O–H groups in total.